The van der Waals surface area contributed by atoms with Crippen LogP contribution in [0.1, 0.15) is 17.9 Å². The molecule has 5 aromatic rings. The van der Waals surface area contributed by atoms with Crippen LogP contribution in [0.3, 0.4) is 0 Å². The van der Waals surface area contributed by atoms with Crippen molar-refractivity contribution in [3.8, 4) is 33.8 Å². The highest BCUT2D eigenvalue weighted by Gasteiger charge is 2.16. The number of aromatic nitrogens is 2. The van der Waals surface area contributed by atoms with Gasteiger partial charge in [0.05, 0.1) is 11.2 Å². The van der Waals surface area contributed by atoms with E-state index in [4.69, 9.17) is 9.97 Å². The summed E-state index contributed by atoms with van der Waals surface area (Å²) in [5.41, 5.74) is 7.73. The molecule has 4 aromatic carbocycles. The van der Waals surface area contributed by atoms with Crippen molar-refractivity contribution >= 4 is 26.8 Å². The van der Waals surface area contributed by atoms with Gasteiger partial charge < -0.3 is 0 Å². The minimum Gasteiger partial charge on any atom is -0.228 e. The predicted octanol–water partition coefficient (Wildman–Crippen LogP) is 8.99. The third-order valence-electron chi connectivity index (χ3n) is 6.45. The van der Waals surface area contributed by atoms with Crippen molar-refractivity contribution in [1.82, 2.24) is 9.97 Å². The number of hydrogen-bond donors (Lipinski definition) is 0. The molecule has 1 aliphatic rings. The molecule has 2 nitrogen and oxygen atoms in total. The summed E-state index contributed by atoms with van der Waals surface area (Å²) in [6.45, 7) is 0. The Balaban J connectivity index is 1.59. The Bertz CT molecular complexity index is 1570. The van der Waals surface area contributed by atoms with E-state index >= 15 is 0 Å². The van der Waals surface area contributed by atoms with Crippen molar-refractivity contribution in [2.75, 3.05) is 0 Å². The molecule has 1 unspecified atom stereocenters. The zero-order valence-electron chi connectivity index (χ0n) is 19.1. The summed E-state index contributed by atoms with van der Waals surface area (Å²) < 4.78 is 1.04. The molecule has 6 rings (SSSR count). The molecular weight excluding hydrogens is 492 g/mol. The van der Waals surface area contributed by atoms with Crippen LogP contribution >= 0.6 is 15.9 Å². The fourth-order valence-corrected chi connectivity index (χ4v) is 4.92. The van der Waals surface area contributed by atoms with Crippen molar-refractivity contribution in [1.29, 1.82) is 0 Å². The third kappa shape index (κ3) is 4.48. The molecule has 0 spiro atoms. The van der Waals surface area contributed by atoms with E-state index in [2.05, 4.69) is 119 Å². The maximum atomic E-state index is 5.13. The maximum absolute atomic E-state index is 5.13. The molecule has 0 saturated carbocycles. The number of fused-ring (bicyclic) bond motifs is 1. The molecule has 1 aromatic heterocycles. The second-order valence-corrected chi connectivity index (χ2v) is 9.70. The predicted molar refractivity (Wildman–Crippen MR) is 149 cm³/mol. The first-order valence-corrected chi connectivity index (χ1v) is 12.6. The van der Waals surface area contributed by atoms with Crippen LogP contribution in [-0.4, -0.2) is 9.97 Å². The second-order valence-electron chi connectivity index (χ2n) is 8.78. The highest BCUT2D eigenvalue weighted by molar-refractivity contribution is 9.10. The lowest BCUT2D eigenvalue weighted by Crippen LogP contribution is -2.00. The van der Waals surface area contributed by atoms with E-state index in [1.165, 1.54) is 16.7 Å². The third-order valence-corrected chi connectivity index (χ3v) is 6.98. The molecule has 3 heteroatoms. The highest BCUT2D eigenvalue weighted by atomic mass is 79.9. The molecule has 1 aliphatic carbocycles. The average Bonchev–Trinajstić information content (AvgIpc) is 2.93. The molecule has 35 heavy (non-hydrogen) atoms. The Hall–Kier alpha value is -3.82. The summed E-state index contributed by atoms with van der Waals surface area (Å²) in [6, 6.07) is 34.0. The normalized spacial score (nSPS) is 14.9. The maximum Gasteiger partial charge on any atom is 0.160 e. The summed E-state index contributed by atoms with van der Waals surface area (Å²) in [4.78, 5) is 10.0. The summed E-state index contributed by atoms with van der Waals surface area (Å²) in [7, 11) is 0. The first-order chi connectivity index (χ1) is 17.2. The Morgan fingerprint density at radius 3 is 2.23 bits per heavy atom. The minimum atomic E-state index is 0.349. The number of rotatable bonds is 4. The van der Waals surface area contributed by atoms with Crippen LogP contribution in [0.4, 0.5) is 0 Å². The van der Waals surface area contributed by atoms with Crippen molar-refractivity contribution in [2.45, 2.75) is 12.3 Å². The standard InChI is InChI=1S/C32H23BrN2/c33-28-17-15-24(16-18-28)32-34-30-14-8-7-13-29(30)31(35-32)27-20-25(22-9-3-1-4-10-22)19-26(21-27)23-11-5-2-6-12-23/h1-11,13-21,23H,12H2. The van der Waals surface area contributed by atoms with Gasteiger partial charge in [0.2, 0.25) is 0 Å². The minimum absolute atomic E-state index is 0.349. The number of para-hydroxylation sites is 1. The zero-order valence-corrected chi connectivity index (χ0v) is 20.7. The van der Waals surface area contributed by atoms with Gasteiger partial charge in [-0.15, -0.1) is 0 Å². The van der Waals surface area contributed by atoms with Crippen LogP contribution < -0.4 is 0 Å². The fourth-order valence-electron chi connectivity index (χ4n) is 4.65. The van der Waals surface area contributed by atoms with Crippen LogP contribution in [0.15, 0.2) is 126 Å². The van der Waals surface area contributed by atoms with Crippen molar-refractivity contribution < 1.29 is 0 Å². The van der Waals surface area contributed by atoms with Gasteiger partial charge in [0.1, 0.15) is 0 Å². The van der Waals surface area contributed by atoms with E-state index < -0.39 is 0 Å². The molecular formula is C32H23BrN2. The van der Waals surface area contributed by atoms with E-state index in [1.54, 1.807) is 0 Å². The first-order valence-electron chi connectivity index (χ1n) is 11.8. The summed E-state index contributed by atoms with van der Waals surface area (Å²) >= 11 is 3.53. The van der Waals surface area contributed by atoms with Gasteiger partial charge in [0.25, 0.3) is 0 Å². The summed E-state index contributed by atoms with van der Waals surface area (Å²) in [5, 5.41) is 1.06. The Morgan fingerprint density at radius 2 is 1.43 bits per heavy atom. The number of nitrogens with zero attached hydrogens (tertiary/aromatic N) is 2. The second kappa shape index (κ2) is 9.44. The quantitative estimate of drug-likeness (QED) is 0.239. The molecule has 0 aliphatic heterocycles. The van der Waals surface area contributed by atoms with Crippen LogP contribution in [0.25, 0.3) is 44.7 Å². The smallest absolute Gasteiger partial charge is 0.160 e. The van der Waals surface area contributed by atoms with Gasteiger partial charge in [-0.25, -0.2) is 9.97 Å². The number of halogens is 1. The van der Waals surface area contributed by atoms with E-state index in [9.17, 15) is 0 Å². The molecule has 0 amide bonds. The molecule has 1 heterocycles. The van der Waals surface area contributed by atoms with E-state index in [1.807, 2.05) is 18.2 Å². The van der Waals surface area contributed by atoms with Crippen molar-refractivity contribution in [3.63, 3.8) is 0 Å². The van der Waals surface area contributed by atoms with Gasteiger partial charge in [0, 0.05) is 26.9 Å². The molecule has 0 fully saturated rings. The highest BCUT2D eigenvalue weighted by Crippen LogP contribution is 2.36. The molecule has 0 N–H and O–H groups in total. The molecule has 0 radical (unpaired) electrons. The van der Waals surface area contributed by atoms with Gasteiger partial charge in [-0.05, 0) is 53.4 Å². The Labute approximate surface area is 213 Å². The van der Waals surface area contributed by atoms with Crippen LogP contribution in [0.5, 0.6) is 0 Å². The zero-order chi connectivity index (χ0) is 23.6. The molecule has 0 bridgehead atoms. The lowest BCUT2D eigenvalue weighted by Gasteiger charge is -2.18. The lowest BCUT2D eigenvalue weighted by atomic mass is 9.88. The summed E-state index contributed by atoms with van der Waals surface area (Å²) in [5.74, 6) is 1.08. The van der Waals surface area contributed by atoms with Gasteiger partial charge in [-0.1, -0.05) is 107 Å². The van der Waals surface area contributed by atoms with Gasteiger partial charge in [-0.3, -0.25) is 0 Å². The SMILES string of the molecule is Brc1ccc(-c2nc(-c3cc(-c4ccccc4)cc(C4C=CC=CC4)c3)c3ccccc3n2)cc1. The largest absolute Gasteiger partial charge is 0.228 e. The molecule has 168 valence electrons. The van der Waals surface area contributed by atoms with Gasteiger partial charge in [-0.2, -0.15) is 0 Å². The van der Waals surface area contributed by atoms with Crippen LogP contribution in [-0.2, 0) is 0 Å². The summed E-state index contributed by atoms with van der Waals surface area (Å²) in [6.07, 6.45) is 9.81. The number of benzene rings is 4. The van der Waals surface area contributed by atoms with Crippen molar-refractivity contribution in [3.05, 3.63) is 131 Å². The van der Waals surface area contributed by atoms with E-state index in [-0.39, 0.29) is 0 Å². The van der Waals surface area contributed by atoms with Gasteiger partial charge >= 0.3 is 0 Å². The Kier molecular flexibility index (Phi) is 5.85. The fraction of sp³-hybridized carbons (Fsp3) is 0.0625. The number of allylic oxidation sites excluding steroid dienone is 4. The lowest BCUT2D eigenvalue weighted by molar-refractivity contribution is 0.854. The monoisotopic (exact) mass is 514 g/mol. The number of hydrogen-bond acceptors (Lipinski definition) is 2. The van der Waals surface area contributed by atoms with Crippen LogP contribution in [0.2, 0.25) is 0 Å². The Morgan fingerprint density at radius 1 is 0.657 bits per heavy atom. The molecule has 1 atom stereocenters. The van der Waals surface area contributed by atoms with Crippen molar-refractivity contribution in [2.24, 2.45) is 0 Å². The average molecular weight is 515 g/mol. The topological polar surface area (TPSA) is 25.8 Å². The molecule has 0 saturated heterocycles. The van der Waals surface area contributed by atoms with Gasteiger partial charge in [0.15, 0.2) is 5.82 Å². The van der Waals surface area contributed by atoms with E-state index in [0.29, 0.717) is 5.92 Å². The van der Waals surface area contributed by atoms with Crippen LogP contribution in [0, 0.1) is 0 Å². The first kappa shape index (κ1) is 21.7. The van der Waals surface area contributed by atoms with E-state index in [0.717, 1.165) is 44.4 Å².